The van der Waals surface area contributed by atoms with Gasteiger partial charge in [0.2, 0.25) is 0 Å². The maximum absolute atomic E-state index is 13.9. The van der Waals surface area contributed by atoms with E-state index in [4.69, 9.17) is 0 Å². The van der Waals surface area contributed by atoms with E-state index in [1.54, 1.807) is 16.7 Å². The van der Waals surface area contributed by atoms with Gasteiger partial charge in [0.15, 0.2) is 0 Å². The number of carbonyl (C=O) groups is 2. The average Bonchev–Trinajstić information content (AvgIpc) is 2.97. The topological polar surface area (TPSA) is 47.1 Å². The molecule has 2 aliphatic rings. The fraction of sp³-hybridized carbons (Fsp3) is 0.133. The molecular formula is C30H26N4O2S. The second-order valence-electron chi connectivity index (χ2n) is 8.92. The Morgan fingerprint density at radius 3 is 1.51 bits per heavy atom. The molecule has 0 saturated carbocycles. The number of amides is 4. The summed E-state index contributed by atoms with van der Waals surface area (Å²) in [5.41, 5.74) is 3.43. The quantitative estimate of drug-likeness (QED) is 0.295. The smallest absolute Gasteiger partial charge is 0.320 e. The zero-order chi connectivity index (χ0) is 25.2. The number of fused-ring (bicyclic) bond motifs is 2. The number of hydrogen-bond acceptors (Lipinski definition) is 3. The largest absolute Gasteiger partial charge is 0.329 e. The first kappa shape index (κ1) is 23.2. The van der Waals surface area contributed by atoms with Gasteiger partial charge in [0.25, 0.3) is 0 Å². The molecule has 1 saturated heterocycles. The van der Waals surface area contributed by atoms with E-state index in [9.17, 15) is 9.59 Å². The standard InChI is InChI=1S/C30H26N4O2S/c35-29(33(23-11-3-1-4-12-23)24-13-5-2-6-14-24)31-19-21-32(22-20-31)30(36)34-25-15-7-9-17-27(25)37-28-18-10-8-16-26(28)34/h1-18H,19-22H2. The average molecular weight is 507 g/mol. The van der Waals surface area contributed by atoms with Crippen LogP contribution in [0.4, 0.5) is 32.3 Å². The van der Waals surface area contributed by atoms with Gasteiger partial charge < -0.3 is 9.80 Å². The molecule has 6 nitrogen and oxygen atoms in total. The summed E-state index contributed by atoms with van der Waals surface area (Å²) in [5, 5.41) is 0. The molecule has 0 aromatic heterocycles. The lowest BCUT2D eigenvalue weighted by atomic mass is 10.2. The first-order valence-electron chi connectivity index (χ1n) is 12.3. The van der Waals surface area contributed by atoms with Crippen LogP contribution in [0.1, 0.15) is 0 Å². The molecule has 0 radical (unpaired) electrons. The molecular weight excluding hydrogens is 480 g/mol. The molecule has 4 aromatic rings. The number of carbonyl (C=O) groups excluding carboxylic acids is 2. The molecule has 4 aromatic carbocycles. The lowest BCUT2D eigenvalue weighted by molar-refractivity contribution is 0.151. The maximum Gasteiger partial charge on any atom is 0.329 e. The Kier molecular flexibility index (Phi) is 6.28. The van der Waals surface area contributed by atoms with Crippen LogP contribution in [0.5, 0.6) is 0 Å². The third-order valence-electron chi connectivity index (χ3n) is 6.66. The monoisotopic (exact) mass is 506 g/mol. The lowest BCUT2D eigenvalue weighted by Crippen LogP contribution is -2.55. The summed E-state index contributed by atoms with van der Waals surface area (Å²) in [4.78, 5) is 37.0. The van der Waals surface area contributed by atoms with E-state index in [0.29, 0.717) is 26.2 Å². The third-order valence-corrected chi connectivity index (χ3v) is 7.79. The summed E-state index contributed by atoms with van der Waals surface area (Å²) in [6, 6.07) is 35.2. The molecule has 7 heteroatoms. The zero-order valence-corrected chi connectivity index (χ0v) is 21.1. The number of benzene rings is 4. The Balaban J connectivity index is 1.22. The van der Waals surface area contributed by atoms with Crippen LogP contribution in [0, 0.1) is 0 Å². The van der Waals surface area contributed by atoms with E-state index in [0.717, 1.165) is 32.5 Å². The van der Waals surface area contributed by atoms with Gasteiger partial charge in [0.1, 0.15) is 0 Å². The molecule has 184 valence electrons. The van der Waals surface area contributed by atoms with Crippen molar-refractivity contribution >= 4 is 46.6 Å². The molecule has 1 fully saturated rings. The minimum absolute atomic E-state index is 0.0599. The number of piperazine rings is 1. The molecule has 0 aliphatic carbocycles. The summed E-state index contributed by atoms with van der Waals surface area (Å²) in [5.74, 6) is 0. The van der Waals surface area contributed by atoms with E-state index < -0.39 is 0 Å². The Morgan fingerprint density at radius 1 is 0.568 bits per heavy atom. The molecule has 0 N–H and O–H groups in total. The SMILES string of the molecule is O=C(N1CCN(C(=O)N2c3ccccc3Sc3ccccc32)CC1)N(c1ccccc1)c1ccccc1. The van der Waals surface area contributed by atoms with Crippen LogP contribution in [0.25, 0.3) is 0 Å². The second kappa shape index (κ2) is 10.0. The highest BCUT2D eigenvalue weighted by Crippen LogP contribution is 2.48. The van der Waals surface area contributed by atoms with Crippen LogP contribution in [0.2, 0.25) is 0 Å². The van der Waals surface area contributed by atoms with E-state index in [2.05, 4.69) is 12.1 Å². The minimum Gasteiger partial charge on any atom is -0.320 e. The fourth-order valence-corrected chi connectivity index (χ4v) is 5.86. The van der Waals surface area contributed by atoms with Crippen LogP contribution in [0.3, 0.4) is 0 Å². The maximum atomic E-state index is 13.9. The normalized spacial score (nSPS) is 14.5. The number of urea groups is 2. The number of para-hydroxylation sites is 4. The number of hydrogen-bond donors (Lipinski definition) is 0. The van der Waals surface area contributed by atoms with E-state index >= 15 is 0 Å². The van der Waals surface area contributed by atoms with Gasteiger partial charge in [-0.15, -0.1) is 0 Å². The Morgan fingerprint density at radius 2 is 1.00 bits per heavy atom. The lowest BCUT2D eigenvalue weighted by Gasteiger charge is -2.40. The summed E-state index contributed by atoms with van der Waals surface area (Å²) in [6.07, 6.45) is 0. The molecule has 0 spiro atoms. The van der Waals surface area contributed by atoms with Gasteiger partial charge in [-0.2, -0.15) is 0 Å². The van der Waals surface area contributed by atoms with Gasteiger partial charge in [0.05, 0.1) is 22.7 Å². The summed E-state index contributed by atoms with van der Waals surface area (Å²) < 4.78 is 0. The van der Waals surface area contributed by atoms with E-state index in [1.807, 2.05) is 112 Å². The first-order chi connectivity index (χ1) is 18.2. The third kappa shape index (κ3) is 4.42. The van der Waals surface area contributed by atoms with Gasteiger partial charge in [-0.1, -0.05) is 72.4 Å². The van der Waals surface area contributed by atoms with Gasteiger partial charge in [0, 0.05) is 36.0 Å². The van der Waals surface area contributed by atoms with Crippen LogP contribution in [-0.4, -0.2) is 48.0 Å². The van der Waals surface area contributed by atoms with Crippen molar-refractivity contribution in [3.05, 3.63) is 109 Å². The Labute approximate surface area is 220 Å². The number of nitrogens with zero attached hydrogens (tertiary/aromatic N) is 4. The highest BCUT2D eigenvalue weighted by atomic mass is 32.2. The summed E-state index contributed by atoms with van der Waals surface area (Å²) >= 11 is 1.68. The Bertz CT molecular complexity index is 1340. The molecule has 37 heavy (non-hydrogen) atoms. The van der Waals surface area contributed by atoms with Crippen molar-refractivity contribution in [3.8, 4) is 0 Å². The van der Waals surface area contributed by atoms with Crippen molar-refractivity contribution < 1.29 is 9.59 Å². The summed E-state index contributed by atoms with van der Waals surface area (Å²) in [6.45, 7) is 1.87. The second-order valence-corrected chi connectivity index (χ2v) is 10.0. The molecule has 4 amide bonds. The fourth-order valence-electron chi connectivity index (χ4n) is 4.81. The van der Waals surface area contributed by atoms with Crippen molar-refractivity contribution in [1.82, 2.24) is 9.80 Å². The molecule has 2 aliphatic heterocycles. The first-order valence-corrected chi connectivity index (χ1v) is 13.2. The van der Waals surface area contributed by atoms with Crippen molar-refractivity contribution in [2.75, 3.05) is 36.0 Å². The van der Waals surface area contributed by atoms with Gasteiger partial charge in [-0.05, 0) is 48.5 Å². The van der Waals surface area contributed by atoms with Crippen LogP contribution < -0.4 is 9.80 Å². The highest BCUT2D eigenvalue weighted by molar-refractivity contribution is 7.99. The predicted molar refractivity (Wildman–Crippen MR) is 148 cm³/mol. The molecule has 0 atom stereocenters. The molecule has 0 unspecified atom stereocenters. The van der Waals surface area contributed by atoms with Crippen molar-refractivity contribution in [2.24, 2.45) is 0 Å². The molecule has 2 heterocycles. The van der Waals surface area contributed by atoms with Gasteiger partial charge >= 0.3 is 12.1 Å². The summed E-state index contributed by atoms with van der Waals surface area (Å²) in [7, 11) is 0. The van der Waals surface area contributed by atoms with Crippen LogP contribution >= 0.6 is 11.8 Å². The Hall–Kier alpha value is -4.23. The van der Waals surface area contributed by atoms with Crippen molar-refractivity contribution in [2.45, 2.75) is 9.79 Å². The molecule has 0 bridgehead atoms. The van der Waals surface area contributed by atoms with E-state index in [-0.39, 0.29) is 12.1 Å². The van der Waals surface area contributed by atoms with Crippen LogP contribution in [-0.2, 0) is 0 Å². The predicted octanol–water partition coefficient (Wildman–Crippen LogP) is 6.99. The highest BCUT2D eigenvalue weighted by Gasteiger charge is 2.34. The zero-order valence-electron chi connectivity index (χ0n) is 20.2. The molecule has 6 rings (SSSR count). The van der Waals surface area contributed by atoms with Crippen LogP contribution in [0.15, 0.2) is 119 Å². The number of anilines is 4. The minimum atomic E-state index is -0.0884. The van der Waals surface area contributed by atoms with Gasteiger partial charge in [-0.25, -0.2) is 9.59 Å². The van der Waals surface area contributed by atoms with Crippen molar-refractivity contribution in [3.63, 3.8) is 0 Å². The van der Waals surface area contributed by atoms with Crippen molar-refractivity contribution in [1.29, 1.82) is 0 Å². The van der Waals surface area contributed by atoms with Gasteiger partial charge in [-0.3, -0.25) is 9.80 Å². The van der Waals surface area contributed by atoms with E-state index in [1.165, 1.54) is 0 Å². The number of rotatable bonds is 2.